The lowest BCUT2D eigenvalue weighted by Crippen LogP contribution is -2.46. The maximum absolute atomic E-state index is 5.67. The molecule has 0 aromatic carbocycles. The summed E-state index contributed by atoms with van der Waals surface area (Å²) in [6, 6.07) is 0. The highest BCUT2D eigenvalue weighted by Crippen LogP contribution is 2.37. The summed E-state index contributed by atoms with van der Waals surface area (Å²) in [5.74, 6) is 2.07. The second-order valence-corrected chi connectivity index (χ2v) is 6.43. The zero-order valence-electron chi connectivity index (χ0n) is 13.1. The highest BCUT2D eigenvalue weighted by atomic mass is 16.5. The van der Waals surface area contributed by atoms with Crippen molar-refractivity contribution in [3.05, 3.63) is 18.1 Å². The van der Waals surface area contributed by atoms with E-state index in [0.29, 0.717) is 11.8 Å². The summed E-state index contributed by atoms with van der Waals surface area (Å²) < 4.78 is 5.67. The fourth-order valence-electron chi connectivity index (χ4n) is 3.60. The first kappa shape index (κ1) is 14.8. The molecule has 0 amide bonds. The van der Waals surface area contributed by atoms with Crippen molar-refractivity contribution in [2.75, 3.05) is 26.2 Å². The van der Waals surface area contributed by atoms with E-state index in [1.54, 1.807) is 0 Å². The van der Waals surface area contributed by atoms with Crippen LogP contribution in [0.3, 0.4) is 0 Å². The number of rotatable bonds is 7. The van der Waals surface area contributed by atoms with Crippen LogP contribution in [0.1, 0.15) is 57.1 Å². The number of piperidine rings is 3. The number of aromatic nitrogens is 2. The largest absolute Gasteiger partial charge is 0.477 e. The molecule has 0 radical (unpaired) electrons. The molecule has 3 fully saturated rings. The van der Waals surface area contributed by atoms with Crippen molar-refractivity contribution < 1.29 is 4.74 Å². The fraction of sp³-hybridized carbons (Fsp3) is 0.765. The quantitative estimate of drug-likeness (QED) is 0.722. The van der Waals surface area contributed by atoms with Crippen LogP contribution >= 0.6 is 0 Å². The SMILES string of the molecule is CCCCCCOc1cnc(C2CN3CCC2CC3)cn1. The van der Waals surface area contributed by atoms with Gasteiger partial charge in [-0.15, -0.1) is 0 Å². The van der Waals surface area contributed by atoms with Crippen molar-refractivity contribution in [2.45, 2.75) is 51.4 Å². The Morgan fingerprint density at radius 2 is 2.00 bits per heavy atom. The predicted molar refractivity (Wildman–Crippen MR) is 83.6 cm³/mol. The highest BCUT2D eigenvalue weighted by Gasteiger charge is 2.35. The Hall–Kier alpha value is -1.16. The first-order chi connectivity index (χ1) is 10.4. The first-order valence-electron chi connectivity index (χ1n) is 8.54. The molecule has 1 atom stereocenters. The Morgan fingerprint density at radius 3 is 2.62 bits per heavy atom. The van der Waals surface area contributed by atoms with Crippen LogP contribution in [0.15, 0.2) is 12.4 Å². The van der Waals surface area contributed by atoms with E-state index in [1.165, 1.54) is 45.2 Å². The molecule has 4 rings (SSSR count). The minimum Gasteiger partial charge on any atom is -0.477 e. The van der Waals surface area contributed by atoms with Crippen molar-refractivity contribution in [1.82, 2.24) is 14.9 Å². The molecule has 3 aliphatic heterocycles. The van der Waals surface area contributed by atoms with E-state index >= 15 is 0 Å². The third-order valence-corrected chi connectivity index (χ3v) is 4.93. The van der Waals surface area contributed by atoms with Gasteiger partial charge >= 0.3 is 0 Å². The molecule has 3 saturated heterocycles. The lowest BCUT2D eigenvalue weighted by molar-refractivity contribution is 0.0852. The van der Waals surface area contributed by atoms with E-state index < -0.39 is 0 Å². The van der Waals surface area contributed by atoms with Gasteiger partial charge in [0.05, 0.1) is 24.7 Å². The van der Waals surface area contributed by atoms with Gasteiger partial charge in [0, 0.05) is 12.5 Å². The van der Waals surface area contributed by atoms with Gasteiger partial charge in [-0.3, -0.25) is 4.98 Å². The molecule has 0 spiro atoms. The molecule has 4 heteroatoms. The molecule has 4 nitrogen and oxygen atoms in total. The smallest absolute Gasteiger partial charge is 0.232 e. The maximum Gasteiger partial charge on any atom is 0.232 e. The van der Waals surface area contributed by atoms with E-state index in [2.05, 4.69) is 21.8 Å². The molecule has 3 aliphatic rings. The molecule has 21 heavy (non-hydrogen) atoms. The number of fused-ring (bicyclic) bond motifs is 3. The molecular formula is C17H27N3O. The summed E-state index contributed by atoms with van der Waals surface area (Å²) in [6.45, 7) is 6.69. The minimum absolute atomic E-state index is 0.582. The van der Waals surface area contributed by atoms with Gasteiger partial charge in [-0.2, -0.15) is 0 Å². The molecule has 2 bridgehead atoms. The van der Waals surface area contributed by atoms with Gasteiger partial charge in [0.1, 0.15) is 0 Å². The van der Waals surface area contributed by atoms with Crippen molar-refractivity contribution in [2.24, 2.45) is 5.92 Å². The molecule has 116 valence electrons. The molecule has 1 unspecified atom stereocenters. The number of unbranched alkanes of at least 4 members (excludes halogenated alkanes) is 3. The van der Waals surface area contributed by atoms with Crippen molar-refractivity contribution >= 4 is 0 Å². The van der Waals surface area contributed by atoms with E-state index in [9.17, 15) is 0 Å². The average molecular weight is 289 g/mol. The van der Waals surface area contributed by atoms with E-state index in [4.69, 9.17) is 4.74 Å². The van der Waals surface area contributed by atoms with Crippen LogP contribution < -0.4 is 4.74 Å². The predicted octanol–water partition coefficient (Wildman–Crippen LogP) is 3.24. The van der Waals surface area contributed by atoms with E-state index in [0.717, 1.165) is 31.2 Å². The van der Waals surface area contributed by atoms with Gasteiger partial charge in [-0.1, -0.05) is 26.2 Å². The van der Waals surface area contributed by atoms with E-state index in [1.807, 2.05) is 12.4 Å². The van der Waals surface area contributed by atoms with Crippen LogP contribution in [-0.4, -0.2) is 41.1 Å². The van der Waals surface area contributed by atoms with Crippen molar-refractivity contribution in [3.63, 3.8) is 0 Å². The highest BCUT2D eigenvalue weighted by molar-refractivity contribution is 5.14. The Balaban J connectivity index is 1.50. The van der Waals surface area contributed by atoms with Gasteiger partial charge in [-0.25, -0.2) is 4.98 Å². The Labute approximate surface area is 127 Å². The molecule has 0 saturated carbocycles. The van der Waals surface area contributed by atoms with Crippen LogP contribution in [0.5, 0.6) is 5.88 Å². The molecule has 1 aromatic heterocycles. The molecular weight excluding hydrogens is 262 g/mol. The van der Waals surface area contributed by atoms with Gasteiger partial charge in [0.15, 0.2) is 0 Å². The van der Waals surface area contributed by atoms with E-state index in [-0.39, 0.29) is 0 Å². The third kappa shape index (κ3) is 3.73. The summed E-state index contributed by atoms with van der Waals surface area (Å²) >= 11 is 0. The molecule has 1 aromatic rings. The summed E-state index contributed by atoms with van der Waals surface area (Å²) in [4.78, 5) is 11.6. The number of hydrogen-bond donors (Lipinski definition) is 0. The average Bonchev–Trinajstić information content (AvgIpc) is 2.56. The topological polar surface area (TPSA) is 38.2 Å². The van der Waals surface area contributed by atoms with Crippen LogP contribution in [0.2, 0.25) is 0 Å². The van der Waals surface area contributed by atoms with Crippen LogP contribution in [0.25, 0.3) is 0 Å². The van der Waals surface area contributed by atoms with Crippen LogP contribution in [-0.2, 0) is 0 Å². The summed E-state index contributed by atoms with van der Waals surface area (Å²) in [5.41, 5.74) is 1.16. The third-order valence-electron chi connectivity index (χ3n) is 4.93. The normalized spacial score (nSPS) is 27.8. The van der Waals surface area contributed by atoms with Gasteiger partial charge in [0.2, 0.25) is 5.88 Å². The first-order valence-corrected chi connectivity index (χ1v) is 8.54. The van der Waals surface area contributed by atoms with Crippen molar-refractivity contribution in [1.29, 1.82) is 0 Å². The fourth-order valence-corrected chi connectivity index (χ4v) is 3.60. The van der Waals surface area contributed by atoms with Crippen molar-refractivity contribution in [3.8, 4) is 5.88 Å². The Bertz CT molecular complexity index is 426. The number of ether oxygens (including phenoxy) is 1. The summed E-state index contributed by atoms with van der Waals surface area (Å²) in [7, 11) is 0. The second kappa shape index (κ2) is 7.21. The Kier molecular flexibility index (Phi) is 5.07. The van der Waals surface area contributed by atoms with Gasteiger partial charge in [-0.05, 0) is 38.3 Å². The zero-order valence-corrected chi connectivity index (χ0v) is 13.1. The lowest BCUT2D eigenvalue weighted by atomic mass is 9.77. The molecule has 0 N–H and O–H groups in total. The van der Waals surface area contributed by atoms with Gasteiger partial charge < -0.3 is 9.64 Å². The van der Waals surface area contributed by atoms with Crippen LogP contribution in [0, 0.1) is 5.92 Å². The second-order valence-electron chi connectivity index (χ2n) is 6.43. The maximum atomic E-state index is 5.67. The summed E-state index contributed by atoms with van der Waals surface area (Å²) in [5, 5.41) is 0. The lowest BCUT2D eigenvalue weighted by Gasteiger charge is -2.44. The standard InChI is InChI=1S/C17H27N3O/c1-2-3-4-5-10-21-17-12-18-16(11-19-17)15-13-20-8-6-14(15)7-9-20/h11-12,14-15H,2-10,13H2,1H3. The van der Waals surface area contributed by atoms with Gasteiger partial charge in [0.25, 0.3) is 0 Å². The zero-order chi connectivity index (χ0) is 14.5. The number of hydrogen-bond acceptors (Lipinski definition) is 4. The monoisotopic (exact) mass is 289 g/mol. The van der Waals surface area contributed by atoms with Crippen LogP contribution in [0.4, 0.5) is 0 Å². The number of nitrogens with zero attached hydrogens (tertiary/aromatic N) is 3. The Morgan fingerprint density at radius 1 is 1.14 bits per heavy atom. The summed E-state index contributed by atoms with van der Waals surface area (Å²) in [6.07, 6.45) is 11.3. The molecule has 0 aliphatic carbocycles. The molecule has 4 heterocycles. The minimum atomic E-state index is 0.582.